The van der Waals surface area contributed by atoms with Crippen molar-refractivity contribution in [3.63, 3.8) is 0 Å². The van der Waals surface area contributed by atoms with Gasteiger partial charge in [0.2, 0.25) is 0 Å². The molecule has 1 heteroatoms. The Morgan fingerprint density at radius 3 is 1.25 bits per heavy atom. The average Bonchev–Trinajstić information content (AvgIpc) is 1.80. The molecule has 0 fully saturated rings. The van der Waals surface area contributed by atoms with Gasteiger partial charge in [-0.3, -0.25) is 0 Å². The van der Waals surface area contributed by atoms with Crippen LogP contribution in [0.2, 0.25) is 0 Å². The van der Waals surface area contributed by atoms with Gasteiger partial charge in [-0.1, -0.05) is 34.6 Å². The number of hydrogen-bond donors (Lipinski definition) is 0. The van der Waals surface area contributed by atoms with E-state index in [4.69, 9.17) is 11.6 Å². The van der Waals surface area contributed by atoms with E-state index in [9.17, 15) is 0 Å². The summed E-state index contributed by atoms with van der Waals surface area (Å²) in [5.74, 6) is 1.18. The van der Waals surface area contributed by atoms with E-state index in [1.54, 1.807) is 0 Å². The third-order valence-electron chi connectivity index (χ3n) is 3.20. The van der Waals surface area contributed by atoms with Crippen molar-refractivity contribution in [2.24, 2.45) is 17.3 Å². The standard InChI is InChI=1S/C11H23Cl/c1-8(10(3,4)5)9(2)11(6,7)12/h8-9H,1-7H3. The molecule has 0 aliphatic carbocycles. The monoisotopic (exact) mass is 190 g/mol. The maximum atomic E-state index is 6.28. The third-order valence-corrected chi connectivity index (χ3v) is 3.54. The summed E-state index contributed by atoms with van der Waals surface area (Å²) in [5.41, 5.74) is 0.353. The quantitative estimate of drug-likeness (QED) is 0.569. The first-order valence-corrected chi connectivity index (χ1v) is 5.13. The zero-order valence-electron chi connectivity index (χ0n) is 9.53. The summed E-state index contributed by atoms with van der Waals surface area (Å²) in [6.07, 6.45) is 0. The zero-order valence-corrected chi connectivity index (χ0v) is 10.3. The van der Waals surface area contributed by atoms with Crippen LogP contribution in [0.25, 0.3) is 0 Å². The molecular formula is C11H23Cl. The second-order valence-corrected chi connectivity index (χ2v) is 6.48. The van der Waals surface area contributed by atoms with Crippen LogP contribution in [-0.4, -0.2) is 4.87 Å². The van der Waals surface area contributed by atoms with Crippen molar-refractivity contribution >= 4 is 11.6 Å². The summed E-state index contributed by atoms with van der Waals surface area (Å²) in [7, 11) is 0. The molecule has 0 radical (unpaired) electrons. The highest BCUT2D eigenvalue weighted by molar-refractivity contribution is 6.23. The molecular weight excluding hydrogens is 168 g/mol. The third kappa shape index (κ3) is 3.35. The summed E-state index contributed by atoms with van der Waals surface area (Å²) in [5, 5.41) is 0. The second-order valence-electron chi connectivity index (χ2n) is 5.51. The minimum Gasteiger partial charge on any atom is -0.120 e. The topological polar surface area (TPSA) is 0 Å². The summed E-state index contributed by atoms with van der Waals surface area (Å²) < 4.78 is 0. The van der Waals surface area contributed by atoms with E-state index < -0.39 is 0 Å². The van der Waals surface area contributed by atoms with Gasteiger partial charge in [0.15, 0.2) is 0 Å². The Kier molecular flexibility index (Phi) is 3.66. The van der Waals surface area contributed by atoms with E-state index in [2.05, 4.69) is 48.5 Å². The number of halogens is 1. The van der Waals surface area contributed by atoms with Crippen LogP contribution in [0.15, 0.2) is 0 Å². The zero-order chi connectivity index (χ0) is 10.2. The van der Waals surface area contributed by atoms with Gasteiger partial charge < -0.3 is 0 Å². The van der Waals surface area contributed by atoms with Gasteiger partial charge in [0.1, 0.15) is 0 Å². The van der Waals surface area contributed by atoms with E-state index in [1.807, 2.05) is 0 Å². The Bertz CT molecular complexity index is 118. The van der Waals surface area contributed by atoms with Crippen molar-refractivity contribution in [3.05, 3.63) is 0 Å². The van der Waals surface area contributed by atoms with Crippen LogP contribution in [0.3, 0.4) is 0 Å². The summed E-state index contributed by atoms with van der Waals surface area (Å²) in [6.45, 7) is 15.5. The fourth-order valence-corrected chi connectivity index (χ4v) is 1.53. The Balaban J connectivity index is 4.41. The molecule has 0 heterocycles. The lowest BCUT2D eigenvalue weighted by atomic mass is 9.71. The first kappa shape index (κ1) is 12.3. The highest BCUT2D eigenvalue weighted by Crippen LogP contribution is 2.39. The molecule has 2 unspecified atom stereocenters. The van der Waals surface area contributed by atoms with Crippen LogP contribution in [0, 0.1) is 17.3 Å². The largest absolute Gasteiger partial charge is 0.120 e. The highest BCUT2D eigenvalue weighted by atomic mass is 35.5. The molecule has 0 saturated carbocycles. The van der Waals surface area contributed by atoms with Crippen LogP contribution in [0.1, 0.15) is 48.5 Å². The van der Waals surface area contributed by atoms with Crippen LogP contribution < -0.4 is 0 Å². The second kappa shape index (κ2) is 3.57. The SMILES string of the molecule is CC(C(C)C(C)(C)Cl)C(C)(C)C. The Hall–Kier alpha value is 0.290. The first-order chi connectivity index (χ1) is 5.07. The van der Waals surface area contributed by atoms with Gasteiger partial charge in [0.05, 0.1) is 0 Å². The number of hydrogen-bond acceptors (Lipinski definition) is 0. The van der Waals surface area contributed by atoms with Gasteiger partial charge in [0.25, 0.3) is 0 Å². The van der Waals surface area contributed by atoms with E-state index in [0.29, 0.717) is 17.3 Å². The lowest BCUT2D eigenvalue weighted by Gasteiger charge is -2.38. The normalized spacial score (nSPS) is 19.0. The average molecular weight is 191 g/mol. The molecule has 12 heavy (non-hydrogen) atoms. The molecule has 0 aliphatic heterocycles. The van der Waals surface area contributed by atoms with Crippen LogP contribution >= 0.6 is 11.6 Å². The predicted octanol–water partition coefficient (Wildman–Crippen LogP) is 4.32. The summed E-state index contributed by atoms with van der Waals surface area (Å²) >= 11 is 6.28. The van der Waals surface area contributed by atoms with Gasteiger partial charge in [-0.2, -0.15) is 0 Å². The van der Waals surface area contributed by atoms with E-state index in [1.165, 1.54) is 0 Å². The minimum absolute atomic E-state index is 0.0906. The lowest BCUT2D eigenvalue weighted by molar-refractivity contribution is 0.162. The maximum Gasteiger partial charge on any atom is 0.0418 e. The molecule has 74 valence electrons. The lowest BCUT2D eigenvalue weighted by Crippen LogP contribution is -2.34. The molecule has 0 saturated heterocycles. The number of rotatable bonds is 2. The van der Waals surface area contributed by atoms with Crippen molar-refractivity contribution in [2.75, 3.05) is 0 Å². The van der Waals surface area contributed by atoms with Crippen molar-refractivity contribution < 1.29 is 0 Å². The van der Waals surface area contributed by atoms with E-state index in [-0.39, 0.29) is 4.87 Å². The van der Waals surface area contributed by atoms with Crippen LogP contribution in [0.4, 0.5) is 0 Å². The van der Waals surface area contributed by atoms with Gasteiger partial charge in [-0.25, -0.2) is 0 Å². The Morgan fingerprint density at radius 2 is 1.17 bits per heavy atom. The van der Waals surface area contributed by atoms with Gasteiger partial charge in [-0.05, 0) is 31.1 Å². The molecule has 0 aromatic heterocycles. The molecule has 0 amide bonds. The van der Waals surface area contributed by atoms with E-state index in [0.717, 1.165) is 0 Å². The molecule has 0 spiro atoms. The van der Waals surface area contributed by atoms with Crippen molar-refractivity contribution in [2.45, 2.75) is 53.3 Å². The van der Waals surface area contributed by atoms with Crippen LogP contribution in [-0.2, 0) is 0 Å². The first-order valence-electron chi connectivity index (χ1n) is 4.75. The van der Waals surface area contributed by atoms with Crippen LogP contribution in [0.5, 0.6) is 0 Å². The predicted molar refractivity (Wildman–Crippen MR) is 57.7 cm³/mol. The van der Waals surface area contributed by atoms with Gasteiger partial charge >= 0.3 is 0 Å². The summed E-state index contributed by atoms with van der Waals surface area (Å²) in [6, 6.07) is 0. The Morgan fingerprint density at radius 1 is 0.833 bits per heavy atom. The van der Waals surface area contributed by atoms with Crippen molar-refractivity contribution in [1.29, 1.82) is 0 Å². The minimum atomic E-state index is -0.0906. The molecule has 0 N–H and O–H groups in total. The maximum absolute atomic E-state index is 6.28. The van der Waals surface area contributed by atoms with Crippen molar-refractivity contribution in [3.8, 4) is 0 Å². The van der Waals surface area contributed by atoms with Gasteiger partial charge in [0, 0.05) is 4.87 Å². The molecule has 0 rings (SSSR count). The molecule has 0 aromatic carbocycles. The van der Waals surface area contributed by atoms with E-state index >= 15 is 0 Å². The smallest absolute Gasteiger partial charge is 0.0418 e. The molecule has 0 aliphatic rings. The summed E-state index contributed by atoms with van der Waals surface area (Å²) in [4.78, 5) is -0.0906. The Labute approximate surface area is 82.7 Å². The van der Waals surface area contributed by atoms with Gasteiger partial charge in [-0.15, -0.1) is 11.6 Å². The fourth-order valence-electron chi connectivity index (χ4n) is 1.34. The molecule has 0 nitrogen and oxygen atoms in total. The molecule has 2 atom stereocenters. The highest BCUT2D eigenvalue weighted by Gasteiger charge is 2.33. The molecule has 0 aromatic rings. The molecule has 0 bridgehead atoms. The van der Waals surface area contributed by atoms with Crippen molar-refractivity contribution in [1.82, 2.24) is 0 Å². The fraction of sp³-hybridized carbons (Fsp3) is 1.00. The number of alkyl halides is 1.